The van der Waals surface area contributed by atoms with Crippen LogP contribution in [0.5, 0.6) is 0 Å². The van der Waals surface area contributed by atoms with Crippen molar-refractivity contribution in [1.82, 2.24) is 15.2 Å². The average molecular weight is 361 g/mol. The lowest BCUT2D eigenvalue weighted by molar-refractivity contribution is 0.170. The number of benzene rings is 2. The minimum Gasteiger partial charge on any atom is -0.361 e. The summed E-state index contributed by atoms with van der Waals surface area (Å²) in [6.45, 7) is 2.39. The summed E-state index contributed by atoms with van der Waals surface area (Å²) in [5.41, 5.74) is 3.81. The van der Waals surface area contributed by atoms with Crippen molar-refractivity contribution in [2.45, 2.75) is 25.7 Å². The number of para-hydroxylation sites is 1. The van der Waals surface area contributed by atoms with Gasteiger partial charge in [-0.05, 0) is 48.8 Å². The second kappa shape index (κ2) is 8.30. The maximum Gasteiger partial charge on any atom is 0.317 e. The first kappa shape index (κ1) is 17.7. The van der Waals surface area contributed by atoms with Gasteiger partial charge in [0.05, 0.1) is 0 Å². The maximum absolute atomic E-state index is 12.5. The second-order valence-corrected chi connectivity index (χ2v) is 7.46. The minimum absolute atomic E-state index is 0.0769. The highest BCUT2D eigenvalue weighted by Crippen LogP contribution is 2.22. The van der Waals surface area contributed by atoms with Gasteiger partial charge in [0.1, 0.15) is 0 Å². The maximum atomic E-state index is 12.5. The SMILES string of the molecule is O=C(NCCc1c[nH]c2ccccc12)N1CCC(Cc2ccccc2)CC1. The summed E-state index contributed by atoms with van der Waals surface area (Å²) < 4.78 is 0. The number of likely N-dealkylation sites (tertiary alicyclic amines) is 1. The molecular formula is C23H27N3O. The summed E-state index contributed by atoms with van der Waals surface area (Å²) in [5.74, 6) is 0.683. The third-order valence-electron chi connectivity index (χ3n) is 5.61. The Morgan fingerprint density at radius 3 is 2.59 bits per heavy atom. The van der Waals surface area contributed by atoms with Gasteiger partial charge >= 0.3 is 6.03 Å². The van der Waals surface area contributed by atoms with E-state index in [1.165, 1.54) is 16.5 Å². The van der Waals surface area contributed by atoms with Crippen LogP contribution in [0.4, 0.5) is 4.79 Å². The molecule has 2 amide bonds. The van der Waals surface area contributed by atoms with Crippen molar-refractivity contribution < 1.29 is 4.79 Å². The van der Waals surface area contributed by atoms with Crippen LogP contribution in [0.25, 0.3) is 10.9 Å². The molecule has 3 aromatic rings. The first-order chi connectivity index (χ1) is 13.3. The topological polar surface area (TPSA) is 48.1 Å². The fourth-order valence-electron chi connectivity index (χ4n) is 4.04. The van der Waals surface area contributed by atoms with Crippen molar-refractivity contribution in [1.29, 1.82) is 0 Å². The van der Waals surface area contributed by atoms with E-state index >= 15 is 0 Å². The van der Waals surface area contributed by atoms with Gasteiger partial charge in [-0.25, -0.2) is 4.79 Å². The molecule has 0 unspecified atom stereocenters. The number of amides is 2. The fourth-order valence-corrected chi connectivity index (χ4v) is 4.04. The first-order valence-electron chi connectivity index (χ1n) is 9.91. The largest absolute Gasteiger partial charge is 0.361 e. The number of nitrogens with one attached hydrogen (secondary N) is 2. The molecule has 0 spiro atoms. The summed E-state index contributed by atoms with van der Waals surface area (Å²) in [6, 6.07) is 19.0. The number of urea groups is 1. The van der Waals surface area contributed by atoms with Gasteiger partial charge in [0.25, 0.3) is 0 Å². The van der Waals surface area contributed by atoms with Crippen LogP contribution in [-0.4, -0.2) is 35.5 Å². The number of aromatic nitrogens is 1. The molecule has 0 atom stereocenters. The van der Waals surface area contributed by atoms with E-state index in [1.54, 1.807) is 0 Å². The number of nitrogens with zero attached hydrogens (tertiary/aromatic N) is 1. The van der Waals surface area contributed by atoms with Crippen molar-refractivity contribution >= 4 is 16.9 Å². The van der Waals surface area contributed by atoms with Crippen LogP contribution in [0.3, 0.4) is 0 Å². The van der Waals surface area contributed by atoms with Crippen LogP contribution < -0.4 is 5.32 Å². The fraction of sp³-hybridized carbons (Fsp3) is 0.348. The Balaban J connectivity index is 1.21. The first-order valence-corrected chi connectivity index (χ1v) is 9.91. The highest BCUT2D eigenvalue weighted by atomic mass is 16.2. The van der Waals surface area contributed by atoms with Crippen molar-refractivity contribution in [3.63, 3.8) is 0 Å². The lowest BCUT2D eigenvalue weighted by Crippen LogP contribution is -2.45. The zero-order valence-electron chi connectivity index (χ0n) is 15.7. The highest BCUT2D eigenvalue weighted by molar-refractivity contribution is 5.83. The smallest absolute Gasteiger partial charge is 0.317 e. The molecule has 1 fully saturated rings. The normalized spacial score (nSPS) is 15.2. The summed E-state index contributed by atoms with van der Waals surface area (Å²) >= 11 is 0. The average Bonchev–Trinajstić information content (AvgIpc) is 3.12. The highest BCUT2D eigenvalue weighted by Gasteiger charge is 2.22. The number of aromatic amines is 1. The second-order valence-electron chi connectivity index (χ2n) is 7.46. The summed E-state index contributed by atoms with van der Waals surface area (Å²) in [7, 11) is 0. The number of fused-ring (bicyclic) bond motifs is 1. The van der Waals surface area contributed by atoms with E-state index in [4.69, 9.17) is 0 Å². The number of rotatable bonds is 5. The van der Waals surface area contributed by atoms with Gasteiger partial charge in [-0.2, -0.15) is 0 Å². The van der Waals surface area contributed by atoms with Gasteiger partial charge in [0.15, 0.2) is 0 Å². The molecule has 1 aliphatic rings. The lowest BCUT2D eigenvalue weighted by Gasteiger charge is -2.32. The standard InChI is InChI=1S/C23H27N3O/c27-23(24-13-10-20-17-25-22-9-5-4-8-21(20)22)26-14-11-19(12-15-26)16-18-6-2-1-3-7-18/h1-9,17,19,25H,10-16H2,(H,24,27). The van der Waals surface area contributed by atoms with Crippen LogP contribution in [0.2, 0.25) is 0 Å². The van der Waals surface area contributed by atoms with Crippen molar-refractivity contribution in [3.05, 3.63) is 71.9 Å². The molecule has 1 aliphatic heterocycles. The molecule has 0 bridgehead atoms. The van der Waals surface area contributed by atoms with Crippen LogP contribution in [0.1, 0.15) is 24.0 Å². The zero-order chi connectivity index (χ0) is 18.5. The van der Waals surface area contributed by atoms with Crippen LogP contribution >= 0.6 is 0 Å². The number of carbonyl (C=O) groups excluding carboxylic acids is 1. The molecule has 140 valence electrons. The van der Waals surface area contributed by atoms with E-state index < -0.39 is 0 Å². The van der Waals surface area contributed by atoms with E-state index in [1.807, 2.05) is 17.2 Å². The Morgan fingerprint density at radius 2 is 1.78 bits per heavy atom. The predicted octanol–water partition coefficient (Wildman–Crippen LogP) is 4.37. The number of hydrogen-bond donors (Lipinski definition) is 2. The summed E-state index contributed by atoms with van der Waals surface area (Å²) in [5, 5.41) is 4.34. The molecular weight excluding hydrogens is 334 g/mol. The molecule has 4 heteroatoms. The van der Waals surface area contributed by atoms with E-state index in [9.17, 15) is 4.79 Å². The molecule has 0 aliphatic carbocycles. The Labute approximate surface area is 160 Å². The molecule has 0 radical (unpaired) electrons. The van der Waals surface area contributed by atoms with Gasteiger partial charge in [-0.15, -0.1) is 0 Å². The van der Waals surface area contributed by atoms with Gasteiger partial charge in [-0.3, -0.25) is 0 Å². The Kier molecular flexibility index (Phi) is 5.42. The molecule has 4 nitrogen and oxygen atoms in total. The molecule has 2 aromatic carbocycles. The van der Waals surface area contributed by atoms with Gasteiger partial charge in [0.2, 0.25) is 0 Å². The minimum atomic E-state index is 0.0769. The molecule has 1 saturated heterocycles. The molecule has 0 saturated carbocycles. The van der Waals surface area contributed by atoms with Gasteiger partial charge in [0, 0.05) is 36.7 Å². The van der Waals surface area contributed by atoms with E-state index in [2.05, 4.69) is 58.8 Å². The molecule has 4 rings (SSSR count). The zero-order valence-corrected chi connectivity index (χ0v) is 15.7. The molecule has 1 aromatic heterocycles. The Hall–Kier alpha value is -2.75. The van der Waals surface area contributed by atoms with Crippen LogP contribution in [0.15, 0.2) is 60.8 Å². The summed E-state index contributed by atoms with van der Waals surface area (Å²) in [4.78, 5) is 17.7. The lowest BCUT2D eigenvalue weighted by atomic mass is 9.90. The van der Waals surface area contributed by atoms with Crippen molar-refractivity contribution in [2.75, 3.05) is 19.6 Å². The van der Waals surface area contributed by atoms with Gasteiger partial charge < -0.3 is 15.2 Å². The third-order valence-corrected chi connectivity index (χ3v) is 5.61. The van der Waals surface area contributed by atoms with E-state index in [0.29, 0.717) is 12.5 Å². The number of H-pyrrole nitrogens is 1. The number of carbonyl (C=O) groups is 1. The van der Waals surface area contributed by atoms with Gasteiger partial charge in [-0.1, -0.05) is 48.5 Å². The van der Waals surface area contributed by atoms with Crippen LogP contribution in [-0.2, 0) is 12.8 Å². The number of hydrogen-bond acceptors (Lipinski definition) is 1. The third kappa shape index (κ3) is 4.33. The summed E-state index contributed by atoms with van der Waals surface area (Å²) in [6.07, 6.45) is 6.19. The van der Waals surface area contributed by atoms with E-state index in [-0.39, 0.29) is 6.03 Å². The monoisotopic (exact) mass is 361 g/mol. The van der Waals surface area contributed by atoms with E-state index in [0.717, 1.165) is 44.3 Å². The van der Waals surface area contributed by atoms with Crippen molar-refractivity contribution in [3.8, 4) is 0 Å². The molecule has 2 N–H and O–H groups in total. The Morgan fingerprint density at radius 1 is 1.04 bits per heavy atom. The van der Waals surface area contributed by atoms with Crippen molar-refractivity contribution in [2.24, 2.45) is 5.92 Å². The molecule has 2 heterocycles. The number of piperidine rings is 1. The molecule has 27 heavy (non-hydrogen) atoms. The van der Waals surface area contributed by atoms with Crippen LogP contribution in [0, 0.1) is 5.92 Å². The Bertz CT molecular complexity index is 879. The quantitative estimate of drug-likeness (QED) is 0.696. The predicted molar refractivity (Wildman–Crippen MR) is 110 cm³/mol.